The molecular formula is C28H34BrN5O5. The Morgan fingerprint density at radius 3 is 2.62 bits per heavy atom. The molecule has 2 atom stereocenters. The van der Waals surface area contributed by atoms with Crippen LogP contribution in [0.3, 0.4) is 0 Å². The van der Waals surface area contributed by atoms with Crippen LogP contribution < -0.4 is 21.3 Å². The molecule has 0 aromatic heterocycles. The average Bonchev–Trinajstić information content (AvgIpc) is 2.84. The number of hydrogen-bond acceptors (Lipinski definition) is 7. The van der Waals surface area contributed by atoms with Crippen LogP contribution in [0.2, 0.25) is 0 Å². The highest BCUT2D eigenvalue weighted by molar-refractivity contribution is 9.10. The predicted molar refractivity (Wildman–Crippen MR) is 153 cm³/mol. The quantitative estimate of drug-likeness (QED) is 0.268. The van der Waals surface area contributed by atoms with Crippen molar-refractivity contribution in [3.05, 3.63) is 81.5 Å². The van der Waals surface area contributed by atoms with Crippen molar-refractivity contribution in [1.82, 2.24) is 21.3 Å². The highest BCUT2D eigenvalue weighted by Crippen LogP contribution is 2.30. The third kappa shape index (κ3) is 9.52. The number of carboxylic acid groups (broad SMARTS) is 1. The van der Waals surface area contributed by atoms with Gasteiger partial charge in [0, 0.05) is 22.3 Å². The van der Waals surface area contributed by atoms with Gasteiger partial charge in [-0.25, -0.2) is 0 Å². The highest BCUT2D eigenvalue weighted by Gasteiger charge is 2.22. The number of aliphatic hydroxyl groups excluding tert-OH is 1. The third-order valence-corrected chi connectivity index (χ3v) is 6.34. The van der Waals surface area contributed by atoms with E-state index in [0.29, 0.717) is 29.3 Å². The van der Waals surface area contributed by atoms with Crippen molar-refractivity contribution in [2.45, 2.75) is 44.8 Å². The number of hydrogen-bond donors (Lipinski definition) is 6. The molecule has 2 amide bonds. The minimum absolute atomic E-state index is 0.179. The first kappa shape index (κ1) is 29.9. The number of β-amino-alcohol motifs (C(OH)–C–C–N with tert-alkyl or cyclic N) is 1. The molecule has 11 heteroatoms. The summed E-state index contributed by atoms with van der Waals surface area (Å²) >= 11 is 3.48. The molecule has 10 nitrogen and oxygen atoms in total. The summed E-state index contributed by atoms with van der Waals surface area (Å²) in [7, 11) is 0. The Bertz CT molecular complexity index is 1260. The number of carbonyl (C=O) groups is 3. The molecular weight excluding hydrogens is 566 g/mol. The first-order chi connectivity index (χ1) is 18.4. The number of aliphatic imine (C=N–C) groups is 1. The van der Waals surface area contributed by atoms with Gasteiger partial charge in [0.25, 0.3) is 5.91 Å². The van der Waals surface area contributed by atoms with E-state index in [0.717, 1.165) is 10.0 Å². The van der Waals surface area contributed by atoms with E-state index in [1.807, 2.05) is 32.9 Å². The van der Waals surface area contributed by atoms with Gasteiger partial charge in [0.05, 0.1) is 31.7 Å². The van der Waals surface area contributed by atoms with Crippen LogP contribution in [0, 0.1) is 0 Å². The molecule has 0 spiro atoms. The third-order valence-electron chi connectivity index (χ3n) is 5.89. The normalized spacial score (nSPS) is 20.0. The number of aliphatic hydroxyl groups is 1. The van der Waals surface area contributed by atoms with Crippen molar-refractivity contribution in [3.63, 3.8) is 0 Å². The summed E-state index contributed by atoms with van der Waals surface area (Å²) in [4.78, 5) is 41.5. The van der Waals surface area contributed by atoms with Gasteiger partial charge < -0.3 is 31.5 Å². The Kier molecular flexibility index (Phi) is 10.2. The van der Waals surface area contributed by atoms with Crippen LogP contribution in [-0.4, -0.2) is 59.7 Å². The number of guanidine groups is 1. The Hall–Kier alpha value is -3.70. The second kappa shape index (κ2) is 13.4. The molecule has 0 fully saturated rings. The van der Waals surface area contributed by atoms with Gasteiger partial charge in [-0.05, 0) is 46.9 Å². The average molecular weight is 601 g/mol. The molecule has 1 aromatic carbocycles. The fourth-order valence-corrected chi connectivity index (χ4v) is 4.31. The maximum Gasteiger partial charge on any atom is 0.305 e. The zero-order valence-corrected chi connectivity index (χ0v) is 23.7. The summed E-state index contributed by atoms with van der Waals surface area (Å²) in [5.41, 5.74) is 2.35. The molecule has 1 aromatic rings. The van der Waals surface area contributed by atoms with Crippen LogP contribution in [-0.2, 0) is 19.8 Å². The van der Waals surface area contributed by atoms with Crippen LogP contribution in [0.5, 0.6) is 0 Å². The number of halogens is 1. The van der Waals surface area contributed by atoms with Crippen molar-refractivity contribution in [1.29, 1.82) is 0 Å². The largest absolute Gasteiger partial charge is 0.481 e. The van der Waals surface area contributed by atoms with Crippen molar-refractivity contribution in [3.8, 4) is 0 Å². The lowest BCUT2D eigenvalue weighted by Gasteiger charge is -2.24. The number of amides is 2. The second-order valence-corrected chi connectivity index (χ2v) is 11.2. The first-order valence-corrected chi connectivity index (χ1v) is 13.3. The van der Waals surface area contributed by atoms with Crippen LogP contribution in [0.1, 0.15) is 44.4 Å². The minimum Gasteiger partial charge on any atom is -0.481 e. The zero-order valence-electron chi connectivity index (χ0n) is 22.1. The molecule has 0 bridgehead atoms. The van der Waals surface area contributed by atoms with Gasteiger partial charge in [0.1, 0.15) is 0 Å². The lowest BCUT2D eigenvalue weighted by Crippen LogP contribution is -2.45. The van der Waals surface area contributed by atoms with Crippen molar-refractivity contribution in [2.75, 3.05) is 19.6 Å². The van der Waals surface area contributed by atoms with Gasteiger partial charge in [-0.2, -0.15) is 0 Å². The lowest BCUT2D eigenvalue weighted by molar-refractivity contribution is -0.138. The number of nitrogens with zero attached hydrogens (tertiary/aromatic N) is 1. The fraction of sp³-hybridized carbons (Fsp3) is 0.357. The van der Waals surface area contributed by atoms with Gasteiger partial charge in [0.2, 0.25) is 5.91 Å². The van der Waals surface area contributed by atoms with E-state index in [9.17, 15) is 24.6 Å². The molecule has 3 rings (SSSR count). The topological polar surface area (TPSA) is 152 Å². The Labute approximate surface area is 236 Å². The van der Waals surface area contributed by atoms with Crippen LogP contribution in [0.15, 0.2) is 75.4 Å². The highest BCUT2D eigenvalue weighted by atomic mass is 79.9. The van der Waals surface area contributed by atoms with E-state index < -0.39 is 29.9 Å². The van der Waals surface area contributed by atoms with E-state index >= 15 is 0 Å². The van der Waals surface area contributed by atoms with Crippen LogP contribution in [0.4, 0.5) is 0 Å². The lowest BCUT2D eigenvalue weighted by atomic mass is 9.85. The van der Waals surface area contributed by atoms with Crippen molar-refractivity contribution >= 4 is 39.7 Å². The number of benzene rings is 1. The van der Waals surface area contributed by atoms with Gasteiger partial charge in [-0.3, -0.25) is 19.4 Å². The van der Waals surface area contributed by atoms with E-state index in [1.54, 1.807) is 42.5 Å². The first-order valence-electron chi connectivity index (χ1n) is 12.5. The summed E-state index contributed by atoms with van der Waals surface area (Å²) in [6.07, 6.45) is 9.39. The van der Waals surface area contributed by atoms with E-state index in [2.05, 4.69) is 42.2 Å². The summed E-state index contributed by atoms with van der Waals surface area (Å²) in [5, 5.41) is 30.5. The van der Waals surface area contributed by atoms with E-state index in [1.165, 1.54) is 0 Å². The number of rotatable bonds is 8. The number of aliphatic carboxylic acids is 1. The minimum atomic E-state index is -1.06. The molecule has 0 saturated carbocycles. The summed E-state index contributed by atoms with van der Waals surface area (Å²) in [5.74, 6) is -1.58. The summed E-state index contributed by atoms with van der Waals surface area (Å²) < 4.78 is 0.781. The predicted octanol–water partition coefficient (Wildman–Crippen LogP) is 2.34. The van der Waals surface area contributed by atoms with Crippen molar-refractivity contribution in [2.24, 2.45) is 4.99 Å². The monoisotopic (exact) mass is 599 g/mol. The number of carboxylic acids is 1. The standard InChI is InChI=1S/C28H34BrN5O5/c1-28(2,3)19-9-18(10-20(29)12-19)23(13-25(37)38)34-24(36)16-30-26(39)17-7-5-4-6-8-21(11-17)33-27-31-14-22(35)15-32-27/h4-12,22-23,35H,13-16H2,1-3H3,(H,30,39)(H,34,36)(H,37,38)(H2,31,32,33)/b5-4?,6-4+,7-5?,8-6?,17-7?,17-11?,21-8+,21-11?/t23-/m0/s1. The Balaban J connectivity index is 1.68. The van der Waals surface area contributed by atoms with Gasteiger partial charge >= 0.3 is 5.97 Å². The molecule has 208 valence electrons. The summed E-state index contributed by atoms with van der Waals surface area (Å²) in [6.45, 7) is 6.44. The van der Waals surface area contributed by atoms with Gasteiger partial charge in [-0.1, -0.05) is 61.0 Å². The number of allylic oxidation sites excluding steroid dienone is 5. The molecule has 1 unspecified atom stereocenters. The van der Waals surface area contributed by atoms with E-state index in [-0.39, 0.29) is 24.9 Å². The number of nitrogens with one attached hydrogen (secondary N) is 4. The van der Waals surface area contributed by atoms with Crippen LogP contribution >= 0.6 is 15.9 Å². The maximum absolute atomic E-state index is 12.9. The molecule has 0 saturated heterocycles. The fourth-order valence-electron chi connectivity index (χ4n) is 3.80. The van der Waals surface area contributed by atoms with E-state index in [4.69, 9.17) is 0 Å². The Morgan fingerprint density at radius 1 is 1.18 bits per heavy atom. The smallest absolute Gasteiger partial charge is 0.305 e. The molecule has 39 heavy (non-hydrogen) atoms. The SMILES string of the molecule is CC(C)(C)c1cc(Br)cc([C@H](CC(=O)O)NC(=O)CNC(=O)C2=C/C(NC3=NCC(O)CN3)=C\C=C\C=C2)c1. The summed E-state index contributed by atoms with van der Waals surface area (Å²) in [6, 6.07) is 4.86. The Morgan fingerprint density at radius 2 is 1.95 bits per heavy atom. The molecule has 1 heterocycles. The molecule has 0 radical (unpaired) electrons. The van der Waals surface area contributed by atoms with Crippen LogP contribution in [0.25, 0.3) is 0 Å². The second-order valence-electron chi connectivity index (χ2n) is 10.2. The molecule has 1 aliphatic heterocycles. The van der Waals surface area contributed by atoms with Gasteiger partial charge in [-0.15, -0.1) is 0 Å². The van der Waals surface area contributed by atoms with Crippen molar-refractivity contribution < 1.29 is 24.6 Å². The molecule has 2 aliphatic rings. The maximum atomic E-state index is 12.9. The number of carbonyl (C=O) groups excluding carboxylic acids is 2. The molecule has 6 N–H and O–H groups in total. The van der Waals surface area contributed by atoms with Gasteiger partial charge in [0.15, 0.2) is 5.96 Å². The molecule has 1 aliphatic carbocycles. The zero-order chi connectivity index (χ0) is 28.6.